The summed E-state index contributed by atoms with van der Waals surface area (Å²) in [6.07, 6.45) is 7.54. The van der Waals surface area contributed by atoms with Gasteiger partial charge in [-0.1, -0.05) is 18.2 Å². The molecule has 0 amide bonds. The SMILES string of the molecule is CC1CC(n2nnc3cc(-c4ccc(-c5cn[nH]c5)cc4O)cnc32)C1. The minimum Gasteiger partial charge on any atom is -0.507 e. The van der Waals surface area contributed by atoms with Crippen LogP contribution in [-0.2, 0) is 0 Å². The standard InChI is InChI=1S/C19H18N6O/c1-11-4-15(5-11)25-19-17(23-24-25)6-13(8-20-19)16-3-2-12(7-18(16)26)14-9-21-22-10-14/h2-3,6-11,15,26H,4-5H2,1H3,(H,21,22). The van der Waals surface area contributed by atoms with Crippen LogP contribution < -0.4 is 0 Å². The van der Waals surface area contributed by atoms with E-state index >= 15 is 0 Å². The van der Waals surface area contributed by atoms with Crippen LogP contribution in [0, 0.1) is 5.92 Å². The van der Waals surface area contributed by atoms with Crippen molar-refractivity contribution in [3.8, 4) is 28.0 Å². The lowest BCUT2D eigenvalue weighted by Gasteiger charge is -2.32. The molecule has 0 atom stereocenters. The summed E-state index contributed by atoms with van der Waals surface area (Å²) in [5.74, 6) is 0.939. The Bertz CT molecular complexity index is 1080. The van der Waals surface area contributed by atoms with Crippen molar-refractivity contribution in [3.05, 3.63) is 42.9 Å². The van der Waals surface area contributed by atoms with Gasteiger partial charge in [-0.3, -0.25) is 5.10 Å². The number of aromatic amines is 1. The van der Waals surface area contributed by atoms with E-state index < -0.39 is 0 Å². The van der Waals surface area contributed by atoms with Gasteiger partial charge < -0.3 is 5.11 Å². The largest absolute Gasteiger partial charge is 0.507 e. The Kier molecular flexibility index (Phi) is 3.28. The quantitative estimate of drug-likeness (QED) is 0.592. The smallest absolute Gasteiger partial charge is 0.178 e. The highest BCUT2D eigenvalue weighted by Crippen LogP contribution is 2.38. The molecule has 1 fully saturated rings. The average molecular weight is 346 g/mol. The van der Waals surface area contributed by atoms with Crippen molar-refractivity contribution in [3.63, 3.8) is 0 Å². The van der Waals surface area contributed by atoms with E-state index in [0.717, 1.165) is 52.2 Å². The Morgan fingerprint density at radius 3 is 2.73 bits per heavy atom. The van der Waals surface area contributed by atoms with E-state index in [4.69, 9.17) is 0 Å². The summed E-state index contributed by atoms with van der Waals surface area (Å²) >= 11 is 0. The molecular formula is C19H18N6O. The summed E-state index contributed by atoms with van der Waals surface area (Å²) < 4.78 is 1.93. The lowest BCUT2D eigenvalue weighted by molar-refractivity contribution is 0.202. The van der Waals surface area contributed by atoms with Crippen LogP contribution in [0.25, 0.3) is 33.4 Å². The van der Waals surface area contributed by atoms with Crippen LogP contribution in [-0.4, -0.2) is 35.3 Å². The summed E-state index contributed by atoms with van der Waals surface area (Å²) in [4.78, 5) is 4.57. The number of hydrogen-bond acceptors (Lipinski definition) is 5. The highest BCUT2D eigenvalue weighted by Gasteiger charge is 2.29. The molecule has 26 heavy (non-hydrogen) atoms. The number of pyridine rings is 1. The summed E-state index contributed by atoms with van der Waals surface area (Å²) in [6.45, 7) is 2.25. The lowest BCUT2D eigenvalue weighted by Crippen LogP contribution is -2.25. The first-order valence-electron chi connectivity index (χ1n) is 8.72. The van der Waals surface area contributed by atoms with E-state index in [1.165, 1.54) is 0 Å². The number of phenolic OH excluding ortho intramolecular Hbond substituents is 1. The van der Waals surface area contributed by atoms with Gasteiger partial charge >= 0.3 is 0 Å². The number of aromatic nitrogens is 6. The van der Waals surface area contributed by atoms with Crippen LogP contribution >= 0.6 is 0 Å². The third-order valence-corrected chi connectivity index (χ3v) is 5.15. The second-order valence-electron chi connectivity index (χ2n) is 7.05. The number of aromatic hydroxyl groups is 1. The van der Waals surface area contributed by atoms with Gasteiger partial charge in [-0.25, -0.2) is 9.67 Å². The van der Waals surface area contributed by atoms with Crippen LogP contribution in [0.2, 0.25) is 0 Å². The number of rotatable bonds is 3. The van der Waals surface area contributed by atoms with Crippen molar-refractivity contribution < 1.29 is 5.11 Å². The fourth-order valence-electron chi connectivity index (χ4n) is 3.65. The molecule has 3 heterocycles. The zero-order chi connectivity index (χ0) is 17.7. The van der Waals surface area contributed by atoms with Crippen LogP contribution in [0.4, 0.5) is 0 Å². The predicted molar refractivity (Wildman–Crippen MR) is 97.4 cm³/mol. The van der Waals surface area contributed by atoms with Crippen LogP contribution in [0.3, 0.4) is 0 Å². The molecule has 0 saturated heterocycles. The Morgan fingerprint density at radius 1 is 1.12 bits per heavy atom. The average Bonchev–Trinajstić information content (AvgIpc) is 3.28. The maximum absolute atomic E-state index is 10.5. The number of nitrogens with zero attached hydrogens (tertiary/aromatic N) is 5. The third-order valence-electron chi connectivity index (χ3n) is 5.15. The van der Waals surface area contributed by atoms with Crippen molar-refractivity contribution in [2.24, 2.45) is 5.92 Å². The first-order chi connectivity index (χ1) is 12.7. The first-order valence-corrected chi connectivity index (χ1v) is 8.72. The van der Waals surface area contributed by atoms with Gasteiger partial charge in [0, 0.05) is 29.1 Å². The molecule has 1 saturated carbocycles. The molecule has 4 aromatic rings. The monoisotopic (exact) mass is 346 g/mol. The van der Waals surface area contributed by atoms with Crippen molar-refractivity contribution in [2.75, 3.05) is 0 Å². The second-order valence-corrected chi connectivity index (χ2v) is 7.05. The molecule has 0 spiro atoms. The van der Waals surface area contributed by atoms with Crippen molar-refractivity contribution in [1.82, 2.24) is 30.2 Å². The van der Waals surface area contributed by atoms with Gasteiger partial charge in [-0.15, -0.1) is 5.10 Å². The molecule has 1 aliphatic carbocycles. The fraction of sp³-hybridized carbons (Fsp3) is 0.263. The molecule has 0 radical (unpaired) electrons. The molecule has 1 aromatic carbocycles. The van der Waals surface area contributed by atoms with Crippen LogP contribution in [0.1, 0.15) is 25.8 Å². The molecule has 7 nitrogen and oxygen atoms in total. The van der Waals surface area contributed by atoms with Gasteiger partial charge in [0.25, 0.3) is 0 Å². The molecule has 0 bridgehead atoms. The minimum absolute atomic E-state index is 0.199. The zero-order valence-electron chi connectivity index (χ0n) is 14.3. The predicted octanol–water partition coefficient (Wildman–Crippen LogP) is 3.56. The molecule has 7 heteroatoms. The Morgan fingerprint density at radius 2 is 2.00 bits per heavy atom. The number of phenols is 1. The number of nitrogens with one attached hydrogen (secondary N) is 1. The highest BCUT2D eigenvalue weighted by atomic mass is 16.3. The van der Waals surface area contributed by atoms with Gasteiger partial charge in [0.2, 0.25) is 0 Å². The van der Waals surface area contributed by atoms with Gasteiger partial charge in [-0.05, 0) is 42.5 Å². The van der Waals surface area contributed by atoms with Gasteiger partial charge in [0.05, 0.1) is 12.2 Å². The van der Waals surface area contributed by atoms with Crippen LogP contribution in [0.5, 0.6) is 5.75 Å². The maximum atomic E-state index is 10.5. The number of fused-ring (bicyclic) bond motifs is 1. The fourth-order valence-corrected chi connectivity index (χ4v) is 3.65. The first kappa shape index (κ1) is 15.1. The zero-order valence-corrected chi connectivity index (χ0v) is 14.3. The molecule has 5 rings (SSSR count). The maximum Gasteiger partial charge on any atom is 0.178 e. The molecular weight excluding hydrogens is 328 g/mol. The van der Waals surface area contributed by atoms with Gasteiger partial charge in [-0.2, -0.15) is 5.10 Å². The Balaban J connectivity index is 1.51. The van der Waals surface area contributed by atoms with E-state index in [1.807, 2.05) is 22.9 Å². The topological polar surface area (TPSA) is 92.5 Å². The van der Waals surface area contributed by atoms with Crippen LogP contribution in [0.15, 0.2) is 42.9 Å². The van der Waals surface area contributed by atoms with E-state index in [0.29, 0.717) is 6.04 Å². The normalized spacial score (nSPS) is 19.6. The lowest BCUT2D eigenvalue weighted by atomic mass is 9.82. The minimum atomic E-state index is 0.199. The highest BCUT2D eigenvalue weighted by molar-refractivity contribution is 5.81. The number of H-pyrrole nitrogens is 1. The summed E-state index contributed by atoms with van der Waals surface area (Å²) in [7, 11) is 0. The molecule has 130 valence electrons. The molecule has 2 N–H and O–H groups in total. The Labute approximate surface area is 149 Å². The number of hydrogen-bond donors (Lipinski definition) is 2. The second kappa shape index (κ2) is 5.66. The summed E-state index contributed by atoms with van der Waals surface area (Å²) in [6, 6.07) is 7.91. The van der Waals surface area contributed by atoms with Crippen molar-refractivity contribution >= 4 is 11.2 Å². The molecule has 3 aromatic heterocycles. The van der Waals surface area contributed by atoms with E-state index in [1.54, 1.807) is 24.7 Å². The third kappa shape index (κ3) is 2.35. The molecule has 0 aliphatic heterocycles. The van der Waals surface area contributed by atoms with Gasteiger partial charge in [0.1, 0.15) is 11.3 Å². The van der Waals surface area contributed by atoms with E-state index in [-0.39, 0.29) is 5.75 Å². The Hall–Kier alpha value is -3.22. The molecule has 0 unspecified atom stereocenters. The number of benzene rings is 1. The summed E-state index contributed by atoms with van der Waals surface area (Å²) in [5.41, 5.74) is 4.93. The summed E-state index contributed by atoms with van der Waals surface area (Å²) in [5, 5.41) is 25.8. The van der Waals surface area contributed by atoms with E-state index in [2.05, 4.69) is 32.4 Å². The van der Waals surface area contributed by atoms with E-state index in [9.17, 15) is 5.11 Å². The van der Waals surface area contributed by atoms with Crippen molar-refractivity contribution in [1.29, 1.82) is 0 Å². The van der Waals surface area contributed by atoms with Gasteiger partial charge in [0.15, 0.2) is 5.65 Å². The van der Waals surface area contributed by atoms with Crippen molar-refractivity contribution in [2.45, 2.75) is 25.8 Å². The molecule has 1 aliphatic rings.